The third kappa shape index (κ3) is 3.98. The lowest BCUT2D eigenvalue weighted by molar-refractivity contribution is -0.117. The fraction of sp³-hybridized carbons (Fsp3) is 0.167. The van der Waals surface area contributed by atoms with E-state index >= 15 is 0 Å². The molecule has 0 spiro atoms. The van der Waals surface area contributed by atoms with E-state index in [9.17, 15) is 14.7 Å². The smallest absolute Gasteiger partial charge is 0.296 e. The summed E-state index contributed by atoms with van der Waals surface area (Å²) in [5.41, 5.74) is 1.53. The number of nitrogens with zero attached hydrogens (tertiary/aromatic N) is 3. The van der Waals surface area contributed by atoms with Gasteiger partial charge in [0.25, 0.3) is 5.91 Å². The van der Waals surface area contributed by atoms with E-state index in [-0.39, 0.29) is 10.6 Å². The molecule has 7 nitrogen and oxygen atoms in total. The van der Waals surface area contributed by atoms with Gasteiger partial charge in [-0.05, 0) is 49.7 Å². The number of aryl methyl sites for hydroxylation is 2. The molecule has 11 heteroatoms. The number of anilines is 1. The summed E-state index contributed by atoms with van der Waals surface area (Å²) < 4.78 is 6.07. The molecule has 0 saturated carbocycles. The molecule has 2 aromatic carbocycles. The zero-order valence-electron chi connectivity index (χ0n) is 18.6. The van der Waals surface area contributed by atoms with Crippen LogP contribution < -0.4 is 9.64 Å². The van der Waals surface area contributed by atoms with Crippen LogP contribution in [0.3, 0.4) is 0 Å². The number of amides is 1. The largest absolute Gasteiger partial charge is 0.503 e. The molecule has 3 heterocycles. The van der Waals surface area contributed by atoms with Gasteiger partial charge in [-0.2, -0.15) is 0 Å². The van der Waals surface area contributed by atoms with Crippen molar-refractivity contribution < 1.29 is 19.4 Å². The number of Topliss-reactive ketones (excluding diaryl/α,β-unsaturated/α-hetero) is 1. The maximum atomic E-state index is 13.7. The van der Waals surface area contributed by atoms with E-state index in [4.69, 9.17) is 27.9 Å². The predicted molar refractivity (Wildman–Crippen MR) is 138 cm³/mol. The monoisotopic (exact) mass is 545 g/mol. The SMILES string of the molecule is COc1ccc2nc(N3C(=O)C(O)=C(C(=O)c4sc(C)nc4C)C3c3ccc(Cl)cc3Cl)sc2c1. The van der Waals surface area contributed by atoms with E-state index in [1.807, 2.05) is 6.07 Å². The fourth-order valence-electron chi connectivity index (χ4n) is 4.04. The summed E-state index contributed by atoms with van der Waals surface area (Å²) in [4.78, 5) is 37.7. The molecule has 1 amide bonds. The molecule has 1 N–H and O–H groups in total. The van der Waals surface area contributed by atoms with Gasteiger partial charge in [0, 0.05) is 10.0 Å². The Hall–Kier alpha value is -2.98. The summed E-state index contributed by atoms with van der Waals surface area (Å²) in [6.45, 7) is 3.51. The van der Waals surface area contributed by atoms with Gasteiger partial charge in [0.2, 0.25) is 5.78 Å². The summed E-state index contributed by atoms with van der Waals surface area (Å²) in [6, 6.07) is 9.14. The number of rotatable bonds is 5. The zero-order valence-corrected chi connectivity index (χ0v) is 21.8. The van der Waals surface area contributed by atoms with Crippen molar-refractivity contribution >= 4 is 72.9 Å². The van der Waals surface area contributed by atoms with Crippen LogP contribution in [0.25, 0.3) is 10.2 Å². The number of hydrogen-bond donors (Lipinski definition) is 1. The van der Waals surface area contributed by atoms with Crippen LogP contribution in [0.1, 0.15) is 32.0 Å². The quantitative estimate of drug-likeness (QED) is 0.289. The highest BCUT2D eigenvalue weighted by Gasteiger charge is 2.47. The lowest BCUT2D eigenvalue weighted by Crippen LogP contribution is -2.31. The summed E-state index contributed by atoms with van der Waals surface area (Å²) in [5.74, 6) is -1.23. The van der Waals surface area contributed by atoms with Crippen LogP contribution in [0.2, 0.25) is 10.0 Å². The third-order valence-corrected chi connectivity index (χ3v) is 8.26. The van der Waals surface area contributed by atoms with Gasteiger partial charge >= 0.3 is 0 Å². The number of carbonyl (C=O) groups is 2. The lowest BCUT2D eigenvalue weighted by atomic mass is 9.95. The molecule has 1 aliphatic heterocycles. The Kier molecular flexibility index (Phi) is 6.04. The van der Waals surface area contributed by atoms with Crippen LogP contribution in [0.5, 0.6) is 5.75 Å². The highest BCUT2D eigenvalue weighted by atomic mass is 35.5. The second kappa shape index (κ2) is 8.91. The third-order valence-electron chi connectivity index (χ3n) is 5.61. The molecule has 2 aromatic heterocycles. The van der Waals surface area contributed by atoms with E-state index in [1.54, 1.807) is 45.2 Å². The summed E-state index contributed by atoms with van der Waals surface area (Å²) in [7, 11) is 1.56. The Morgan fingerprint density at radius 1 is 1.11 bits per heavy atom. The number of benzene rings is 2. The average Bonchev–Trinajstić information content (AvgIpc) is 3.46. The first kappa shape index (κ1) is 23.7. The zero-order chi connectivity index (χ0) is 25.0. The van der Waals surface area contributed by atoms with Crippen molar-refractivity contribution in [1.29, 1.82) is 0 Å². The normalized spacial score (nSPS) is 16.0. The molecule has 0 bridgehead atoms. The van der Waals surface area contributed by atoms with Crippen molar-refractivity contribution in [3.8, 4) is 5.75 Å². The maximum absolute atomic E-state index is 13.7. The molecule has 178 valence electrons. The number of hydrogen-bond acceptors (Lipinski definition) is 8. The van der Waals surface area contributed by atoms with Crippen molar-refractivity contribution in [3.63, 3.8) is 0 Å². The van der Waals surface area contributed by atoms with E-state index in [0.29, 0.717) is 42.6 Å². The highest BCUT2D eigenvalue weighted by molar-refractivity contribution is 7.22. The second-order valence-corrected chi connectivity index (χ2v) is 10.9. The first-order chi connectivity index (χ1) is 16.7. The number of ketones is 1. The van der Waals surface area contributed by atoms with Gasteiger partial charge in [-0.25, -0.2) is 9.97 Å². The molecule has 0 fully saturated rings. The van der Waals surface area contributed by atoms with Gasteiger partial charge in [-0.3, -0.25) is 14.5 Å². The van der Waals surface area contributed by atoms with Gasteiger partial charge in [-0.1, -0.05) is 40.6 Å². The fourth-order valence-corrected chi connectivity index (χ4v) is 6.45. The molecule has 1 unspecified atom stereocenters. The van der Waals surface area contributed by atoms with E-state index < -0.39 is 23.5 Å². The number of methoxy groups -OCH3 is 1. The lowest BCUT2D eigenvalue weighted by Gasteiger charge is -2.25. The Balaban J connectivity index is 1.71. The Morgan fingerprint density at radius 3 is 2.54 bits per heavy atom. The summed E-state index contributed by atoms with van der Waals surface area (Å²) in [6.07, 6.45) is 0. The van der Waals surface area contributed by atoms with Gasteiger partial charge in [0.05, 0.1) is 44.5 Å². The minimum atomic E-state index is -1.01. The average molecular weight is 546 g/mol. The Bertz CT molecular complexity index is 1560. The van der Waals surface area contributed by atoms with Crippen LogP contribution in [-0.2, 0) is 4.79 Å². The van der Waals surface area contributed by atoms with Gasteiger partial charge in [0.1, 0.15) is 5.75 Å². The van der Waals surface area contributed by atoms with Crippen LogP contribution in [0.15, 0.2) is 47.7 Å². The van der Waals surface area contributed by atoms with Crippen LogP contribution in [0.4, 0.5) is 5.13 Å². The minimum absolute atomic E-state index is 0.0807. The number of carbonyl (C=O) groups excluding carboxylic acids is 2. The van der Waals surface area contributed by atoms with E-state index in [0.717, 1.165) is 4.70 Å². The first-order valence-electron chi connectivity index (χ1n) is 10.3. The number of aliphatic hydroxyl groups is 1. The van der Waals surface area contributed by atoms with Crippen molar-refractivity contribution in [2.45, 2.75) is 19.9 Å². The molecule has 0 radical (unpaired) electrons. The number of fused-ring (bicyclic) bond motifs is 1. The van der Waals surface area contributed by atoms with Crippen LogP contribution in [0, 0.1) is 13.8 Å². The molecule has 4 aromatic rings. The van der Waals surface area contributed by atoms with Crippen molar-refractivity contribution in [2.24, 2.45) is 0 Å². The van der Waals surface area contributed by atoms with Crippen molar-refractivity contribution in [2.75, 3.05) is 12.0 Å². The standard InChI is InChI=1S/C24H17Cl2N3O4S2/c1-10-22(34-11(2)27-10)20(30)18-19(14-6-4-12(25)8-15(14)26)29(23(32)21(18)31)24-28-16-7-5-13(33-3)9-17(16)35-24/h4-9,19,31H,1-3H3. The predicted octanol–water partition coefficient (Wildman–Crippen LogP) is 6.47. The summed E-state index contributed by atoms with van der Waals surface area (Å²) in [5, 5.41) is 12.7. The summed E-state index contributed by atoms with van der Waals surface area (Å²) >= 11 is 15.1. The van der Waals surface area contributed by atoms with Gasteiger partial charge < -0.3 is 9.84 Å². The van der Waals surface area contributed by atoms with Crippen LogP contribution >= 0.6 is 45.9 Å². The Morgan fingerprint density at radius 2 is 1.89 bits per heavy atom. The first-order valence-corrected chi connectivity index (χ1v) is 12.7. The molecule has 1 atom stereocenters. The number of ether oxygens (including phenoxy) is 1. The molecule has 35 heavy (non-hydrogen) atoms. The number of halogens is 2. The van der Waals surface area contributed by atoms with Gasteiger partial charge in [0.15, 0.2) is 10.9 Å². The molecular weight excluding hydrogens is 529 g/mol. The molecule has 5 rings (SSSR count). The maximum Gasteiger partial charge on any atom is 0.296 e. The number of aliphatic hydroxyl groups excluding tert-OH is 1. The molecular formula is C24H17Cl2N3O4S2. The Labute approximate surface area is 218 Å². The number of thiazole rings is 2. The van der Waals surface area contributed by atoms with E-state index in [1.165, 1.54) is 33.6 Å². The van der Waals surface area contributed by atoms with Gasteiger partial charge in [-0.15, -0.1) is 11.3 Å². The molecule has 1 aliphatic rings. The highest BCUT2D eigenvalue weighted by Crippen LogP contribution is 2.47. The van der Waals surface area contributed by atoms with E-state index in [2.05, 4.69) is 9.97 Å². The van der Waals surface area contributed by atoms with Crippen LogP contribution in [-0.4, -0.2) is 33.9 Å². The topological polar surface area (TPSA) is 92.6 Å². The molecule has 0 saturated heterocycles. The number of aromatic nitrogens is 2. The van der Waals surface area contributed by atoms with Crippen molar-refractivity contribution in [1.82, 2.24) is 9.97 Å². The minimum Gasteiger partial charge on any atom is -0.503 e. The molecule has 0 aliphatic carbocycles. The second-order valence-electron chi connectivity index (χ2n) is 7.81. The van der Waals surface area contributed by atoms with Crippen molar-refractivity contribution in [3.05, 3.63) is 78.9 Å².